The predicted octanol–water partition coefficient (Wildman–Crippen LogP) is 3.05. The molecule has 0 atom stereocenters. The third-order valence-corrected chi connectivity index (χ3v) is 5.08. The van der Waals surface area contributed by atoms with Gasteiger partial charge in [0.05, 0.1) is 0 Å². The van der Waals surface area contributed by atoms with E-state index in [4.69, 9.17) is 5.73 Å². The maximum absolute atomic E-state index is 12.4. The second kappa shape index (κ2) is 8.49. The van der Waals surface area contributed by atoms with Gasteiger partial charge in [0.15, 0.2) is 0 Å². The van der Waals surface area contributed by atoms with Crippen LogP contribution in [0.3, 0.4) is 0 Å². The number of piperazine rings is 1. The number of nitrogens with zero attached hydrogens (tertiary/aromatic N) is 3. The molecule has 1 saturated heterocycles. The van der Waals surface area contributed by atoms with Crippen molar-refractivity contribution in [3.05, 3.63) is 65.4 Å². The van der Waals surface area contributed by atoms with Gasteiger partial charge in [0.1, 0.15) is 11.6 Å². The first-order valence-electron chi connectivity index (χ1n) is 9.32. The second-order valence-corrected chi connectivity index (χ2v) is 6.97. The van der Waals surface area contributed by atoms with Crippen LogP contribution in [0.4, 0.5) is 17.1 Å². The first kappa shape index (κ1) is 19.3. The number of amides is 1. The van der Waals surface area contributed by atoms with E-state index in [9.17, 15) is 10.1 Å². The highest BCUT2D eigenvalue weighted by molar-refractivity contribution is 6.06. The normalized spacial score (nSPS) is 14.5. The molecule has 1 heterocycles. The number of nitrogens with two attached hydrogens (primary N) is 1. The van der Waals surface area contributed by atoms with Gasteiger partial charge in [0.2, 0.25) is 0 Å². The van der Waals surface area contributed by atoms with Crippen LogP contribution >= 0.6 is 0 Å². The molecule has 2 aromatic rings. The molecular weight excluding hydrogens is 350 g/mol. The zero-order chi connectivity index (χ0) is 20.1. The van der Waals surface area contributed by atoms with E-state index in [-0.39, 0.29) is 5.57 Å². The van der Waals surface area contributed by atoms with Crippen LogP contribution in [0.25, 0.3) is 0 Å². The van der Waals surface area contributed by atoms with Crippen molar-refractivity contribution >= 4 is 23.0 Å². The van der Waals surface area contributed by atoms with Crippen molar-refractivity contribution < 1.29 is 4.79 Å². The molecule has 0 saturated carbocycles. The highest BCUT2D eigenvalue weighted by Gasteiger charge is 2.19. The number of carbonyl (C=O) groups excluding carboxylic acids is 1. The van der Waals surface area contributed by atoms with Gasteiger partial charge in [-0.2, -0.15) is 5.26 Å². The van der Waals surface area contributed by atoms with Crippen LogP contribution in [-0.2, 0) is 4.79 Å². The van der Waals surface area contributed by atoms with Gasteiger partial charge in [-0.3, -0.25) is 4.79 Å². The molecule has 2 aromatic carbocycles. The second-order valence-electron chi connectivity index (χ2n) is 6.97. The number of nitrogens with one attached hydrogen (secondary N) is 1. The minimum Gasteiger partial charge on any atom is -0.399 e. The fourth-order valence-electron chi connectivity index (χ4n) is 3.26. The van der Waals surface area contributed by atoms with Crippen LogP contribution in [0, 0.1) is 25.2 Å². The van der Waals surface area contributed by atoms with Crippen LogP contribution in [0.5, 0.6) is 0 Å². The van der Waals surface area contributed by atoms with Crippen molar-refractivity contribution in [2.45, 2.75) is 13.8 Å². The molecule has 3 N–H and O–H groups in total. The van der Waals surface area contributed by atoms with E-state index in [2.05, 4.69) is 42.3 Å². The van der Waals surface area contributed by atoms with Crippen LogP contribution in [0.15, 0.2) is 54.2 Å². The average Bonchev–Trinajstić information content (AvgIpc) is 2.70. The Balaban J connectivity index is 1.63. The van der Waals surface area contributed by atoms with Crippen LogP contribution in [0.1, 0.15) is 11.1 Å². The molecular formula is C22H25N5O. The molecule has 144 valence electrons. The standard InChI is InChI=1S/C22H25N5O/c1-16-4-3-5-21(17(16)2)27-12-10-26(11-13-27)15-18(14-23)22(28)25-20-8-6-19(24)7-9-20/h3-9,15H,10-13,24H2,1-2H3,(H,25,28)/b18-15-. The smallest absolute Gasteiger partial charge is 0.267 e. The van der Waals surface area contributed by atoms with Gasteiger partial charge in [-0.15, -0.1) is 0 Å². The Kier molecular flexibility index (Phi) is 5.85. The number of anilines is 3. The molecule has 1 aliphatic heterocycles. The quantitative estimate of drug-likeness (QED) is 0.487. The number of nitrogen functional groups attached to an aromatic ring is 1. The summed E-state index contributed by atoms with van der Waals surface area (Å²) in [4.78, 5) is 16.8. The Labute approximate surface area is 165 Å². The number of carbonyl (C=O) groups is 1. The Bertz CT molecular complexity index is 919. The van der Waals surface area contributed by atoms with Gasteiger partial charge >= 0.3 is 0 Å². The van der Waals surface area contributed by atoms with Gasteiger partial charge in [-0.25, -0.2) is 0 Å². The van der Waals surface area contributed by atoms with Gasteiger partial charge in [-0.05, 0) is 55.3 Å². The number of aryl methyl sites for hydroxylation is 1. The van der Waals surface area contributed by atoms with Crippen LogP contribution in [0.2, 0.25) is 0 Å². The summed E-state index contributed by atoms with van der Waals surface area (Å²) in [5, 5.41) is 12.1. The van der Waals surface area contributed by atoms with Crippen molar-refractivity contribution in [2.75, 3.05) is 42.1 Å². The molecule has 0 bridgehead atoms. The molecule has 0 aromatic heterocycles. The van der Waals surface area contributed by atoms with E-state index in [1.54, 1.807) is 30.5 Å². The fourth-order valence-corrected chi connectivity index (χ4v) is 3.26. The molecule has 0 aliphatic carbocycles. The number of hydrogen-bond donors (Lipinski definition) is 2. The number of rotatable bonds is 4. The van der Waals surface area contributed by atoms with Crippen molar-refractivity contribution in [1.29, 1.82) is 5.26 Å². The van der Waals surface area contributed by atoms with E-state index in [1.165, 1.54) is 16.8 Å². The van der Waals surface area contributed by atoms with E-state index in [1.807, 2.05) is 11.0 Å². The molecule has 28 heavy (non-hydrogen) atoms. The van der Waals surface area contributed by atoms with Gasteiger partial charge < -0.3 is 20.9 Å². The average molecular weight is 375 g/mol. The number of benzene rings is 2. The molecule has 0 radical (unpaired) electrons. The summed E-state index contributed by atoms with van der Waals surface area (Å²) < 4.78 is 0. The highest BCUT2D eigenvalue weighted by Crippen LogP contribution is 2.24. The molecule has 6 nitrogen and oxygen atoms in total. The maximum Gasteiger partial charge on any atom is 0.267 e. The Morgan fingerprint density at radius 1 is 1.11 bits per heavy atom. The third-order valence-electron chi connectivity index (χ3n) is 5.08. The topological polar surface area (TPSA) is 85.4 Å². The summed E-state index contributed by atoms with van der Waals surface area (Å²) in [5.74, 6) is -0.413. The van der Waals surface area contributed by atoms with Gasteiger partial charge in [0, 0.05) is 49.4 Å². The summed E-state index contributed by atoms with van der Waals surface area (Å²) >= 11 is 0. The highest BCUT2D eigenvalue weighted by atomic mass is 16.1. The molecule has 1 amide bonds. The molecule has 6 heteroatoms. The fraction of sp³-hybridized carbons (Fsp3) is 0.273. The summed E-state index contributed by atoms with van der Waals surface area (Å²) in [5.41, 5.74) is 10.8. The lowest BCUT2D eigenvalue weighted by atomic mass is 10.1. The molecule has 3 rings (SSSR count). The summed E-state index contributed by atoms with van der Waals surface area (Å²) in [6, 6.07) is 15.2. The Morgan fingerprint density at radius 2 is 1.79 bits per heavy atom. The zero-order valence-electron chi connectivity index (χ0n) is 16.3. The SMILES string of the molecule is Cc1cccc(N2CCN(/C=C(/C#N)C(=O)Nc3ccc(N)cc3)CC2)c1C. The predicted molar refractivity (Wildman–Crippen MR) is 113 cm³/mol. The molecule has 1 aliphatic rings. The van der Waals surface area contributed by atoms with Crippen molar-refractivity contribution in [2.24, 2.45) is 0 Å². The zero-order valence-corrected chi connectivity index (χ0v) is 16.3. The lowest BCUT2D eigenvalue weighted by Crippen LogP contribution is -2.44. The monoisotopic (exact) mass is 375 g/mol. The van der Waals surface area contributed by atoms with E-state index in [0.717, 1.165) is 26.2 Å². The lowest BCUT2D eigenvalue weighted by molar-refractivity contribution is -0.112. The van der Waals surface area contributed by atoms with Gasteiger partial charge in [0.25, 0.3) is 5.91 Å². The maximum atomic E-state index is 12.4. The molecule has 1 fully saturated rings. The largest absolute Gasteiger partial charge is 0.399 e. The first-order chi connectivity index (χ1) is 13.5. The van der Waals surface area contributed by atoms with Crippen molar-refractivity contribution in [3.8, 4) is 6.07 Å². The minimum atomic E-state index is -0.413. The summed E-state index contributed by atoms with van der Waals surface area (Å²) in [6.07, 6.45) is 1.66. The minimum absolute atomic E-state index is 0.0945. The first-order valence-corrected chi connectivity index (χ1v) is 9.32. The third kappa shape index (κ3) is 4.44. The Morgan fingerprint density at radius 3 is 2.43 bits per heavy atom. The molecule has 0 unspecified atom stereocenters. The molecule has 0 spiro atoms. The lowest BCUT2D eigenvalue weighted by Gasteiger charge is -2.36. The number of hydrogen-bond acceptors (Lipinski definition) is 5. The van der Waals surface area contributed by atoms with E-state index >= 15 is 0 Å². The van der Waals surface area contributed by atoms with Crippen LogP contribution < -0.4 is 16.0 Å². The van der Waals surface area contributed by atoms with E-state index < -0.39 is 5.91 Å². The summed E-state index contributed by atoms with van der Waals surface area (Å²) in [6.45, 7) is 7.47. The van der Waals surface area contributed by atoms with Crippen molar-refractivity contribution in [3.63, 3.8) is 0 Å². The Hall–Kier alpha value is -3.46. The van der Waals surface area contributed by atoms with Gasteiger partial charge in [-0.1, -0.05) is 12.1 Å². The van der Waals surface area contributed by atoms with Crippen molar-refractivity contribution in [1.82, 2.24) is 4.90 Å². The van der Waals surface area contributed by atoms with Crippen LogP contribution in [-0.4, -0.2) is 37.0 Å². The van der Waals surface area contributed by atoms with E-state index in [0.29, 0.717) is 11.4 Å². The summed E-state index contributed by atoms with van der Waals surface area (Å²) in [7, 11) is 0. The number of nitriles is 1.